The largest absolute Gasteiger partial charge is 0.366 e. The summed E-state index contributed by atoms with van der Waals surface area (Å²) in [7, 11) is 0. The van der Waals surface area contributed by atoms with Crippen LogP contribution in [0.15, 0.2) is 36.7 Å². The van der Waals surface area contributed by atoms with Gasteiger partial charge in [0.25, 0.3) is 5.91 Å². The molecule has 6 heteroatoms. The van der Waals surface area contributed by atoms with E-state index in [2.05, 4.69) is 10.2 Å². The quantitative estimate of drug-likeness (QED) is 0.903. The summed E-state index contributed by atoms with van der Waals surface area (Å²) in [4.78, 5) is 15.9. The maximum atomic E-state index is 13.7. The van der Waals surface area contributed by atoms with Gasteiger partial charge in [-0.1, -0.05) is 12.1 Å². The molecule has 1 aliphatic heterocycles. The average molecular weight is 274 g/mol. The predicted octanol–water partition coefficient (Wildman–Crippen LogP) is 1.51. The van der Waals surface area contributed by atoms with E-state index in [9.17, 15) is 9.18 Å². The van der Waals surface area contributed by atoms with Crippen LogP contribution >= 0.6 is 0 Å². The van der Waals surface area contributed by atoms with Crippen LogP contribution in [0.4, 0.5) is 10.1 Å². The molecule has 0 atom stereocenters. The highest BCUT2D eigenvalue weighted by atomic mass is 19.1. The molecule has 2 aromatic rings. The van der Waals surface area contributed by atoms with Gasteiger partial charge in [-0.25, -0.2) is 4.39 Å². The first kappa shape index (κ1) is 12.7. The molecule has 3 rings (SSSR count). The molecule has 1 amide bonds. The summed E-state index contributed by atoms with van der Waals surface area (Å²) >= 11 is 0. The number of hydrogen-bond donors (Lipinski definition) is 1. The van der Waals surface area contributed by atoms with Crippen LogP contribution < -0.4 is 4.90 Å². The summed E-state index contributed by atoms with van der Waals surface area (Å²) in [6, 6.07) is 6.72. The highest BCUT2D eigenvalue weighted by Gasteiger charge is 2.23. The lowest BCUT2D eigenvalue weighted by Crippen LogP contribution is -2.49. The molecule has 104 valence electrons. The van der Waals surface area contributed by atoms with Gasteiger partial charge in [-0.2, -0.15) is 5.10 Å². The topological polar surface area (TPSA) is 52.2 Å². The lowest BCUT2D eigenvalue weighted by molar-refractivity contribution is 0.0746. The molecule has 0 radical (unpaired) electrons. The van der Waals surface area contributed by atoms with Crippen molar-refractivity contribution in [3.8, 4) is 0 Å². The van der Waals surface area contributed by atoms with E-state index in [1.807, 2.05) is 11.0 Å². The average Bonchev–Trinajstić information content (AvgIpc) is 3.01. The van der Waals surface area contributed by atoms with Crippen molar-refractivity contribution in [2.45, 2.75) is 0 Å². The van der Waals surface area contributed by atoms with Crippen LogP contribution in [-0.2, 0) is 0 Å². The molecule has 0 saturated carbocycles. The van der Waals surface area contributed by atoms with Gasteiger partial charge in [-0.05, 0) is 12.1 Å². The number of nitrogens with zero attached hydrogens (tertiary/aromatic N) is 3. The molecule has 1 aromatic carbocycles. The fourth-order valence-corrected chi connectivity index (χ4v) is 2.41. The van der Waals surface area contributed by atoms with Gasteiger partial charge in [0.15, 0.2) is 0 Å². The molecule has 1 aromatic heterocycles. The number of hydrogen-bond acceptors (Lipinski definition) is 3. The lowest BCUT2D eigenvalue weighted by Gasteiger charge is -2.36. The molecule has 20 heavy (non-hydrogen) atoms. The molecule has 1 fully saturated rings. The van der Waals surface area contributed by atoms with Gasteiger partial charge < -0.3 is 9.80 Å². The SMILES string of the molecule is O=C(c1cn[nH]c1)N1CCN(c2ccccc2F)CC1. The second-order valence-corrected chi connectivity index (χ2v) is 4.72. The van der Waals surface area contributed by atoms with Crippen molar-refractivity contribution >= 4 is 11.6 Å². The molecule has 1 aliphatic rings. The van der Waals surface area contributed by atoms with Crippen molar-refractivity contribution in [1.82, 2.24) is 15.1 Å². The Balaban J connectivity index is 1.65. The smallest absolute Gasteiger partial charge is 0.257 e. The third-order valence-electron chi connectivity index (χ3n) is 3.51. The summed E-state index contributed by atoms with van der Waals surface area (Å²) in [5.41, 5.74) is 1.16. The first-order valence-corrected chi connectivity index (χ1v) is 6.53. The number of aromatic amines is 1. The molecular formula is C14H15FN4O. The van der Waals surface area contributed by atoms with Crippen molar-refractivity contribution < 1.29 is 9.18 Å². The van der Waals surface area contributed by atoms with Crippen molar-refractivity contribution in [3.63, 3.8) is 0 Å². The zero-order chi connectivity index (χ0) is 13.9. The Morgan fingerprint density at radius 3 is 2.60 bits per heavy atom. The van der Waals surface area contributed by atoms with E-state index in [0.717, 1.165) is 0 Å². The Kier molecular flexibility index (Phi) is 3.37. The van der Waals surface area contributed by atoms with E-state index in [0.29, 0.717) is 37.4 Å². The van der Waals surface area contributed by atoms with Crippen molar-refractivity contribution in [1.29, 1.82) is 0 Å². The summed E-state index contributed by atoms with van der Waals surface area (Å²) in [5, 5.41) is 6.41. The molecule has 5 nitrogen and oxygen atoms in total. The van der Waals surface area contributed by atoms with Crippen molar-refractivity contribution in [3.05, 3.63) is 48.0 Å². The van der Waals surface area contributed by atoms with Crippen LogP contribution in [0, 0.1) is 5.82 Å². The fraction of sp³-hybridized carbons (Fsp3) is 0.286. The predicted molar refractivity (Wildman–Crippen MR) is 73.1 cm³/mol. The summed E-state index contributed by atoms with van der Waals surface area (Å²) in [5.74, 6) is -0.256. The van der Waals surface area contributed by atoms with Crippen LogP contribution in [0.3, 0.4) is 0 Å². The molecule has 2 heterocycles. The Morgan fingerprint density at radius 2 is 1.95 bits per heavy atom. The molecule has 0 unspecified atom stereocenters. The minimum atomic E-state index is -0.220. The highest BCUT2D eigenvalue weighted by Crippen LogP contribution is 2.20. The third kappa shape index (κ3) is 2.36. The third-order valence-corrected chi connectivity index (χ3v) is 3.51. The number of anilines is 1. The van der Waals surface area contributed by atoms with E-state index in [1.54, 1.807) is 23.2 Å². The number of nitrogens with one attached hydrogen (secondary N) is 1. The maximum absolute atomic E-state index is 13.7. The number of aromatic nitrogens is 2. The van der Waals surface area contributed by atoms with Crippen molar-refractivity contribution in [2.24, 2.45) is 0 Å². The van der Waals surface area contributed by atoms with Gasteiger partial charge >= 0.3 is 0 Å². The van der Waals surface area contributed by atoms with E-state index in [4.69, 9.17) is 0 Å². The molecule has 0 bridgehead atoms. The van der Waals surface area contributed by atoms with Gasteiger partial charge in [0, 0.05) is 32.4 Å². The number of para-hydroxylation sites is 1. The minimum absolute atomic E-state index is 0.0352. The van der Waals surface area contributed by atoms with E-state index < -0.39 is 0 Å². The number of carbonyl (C=O) groups is 1. The van der Waals surface area contributed by atoms with Crippen LogP contribution in [-0.4, -0.2) is 47.2 Å². The second kappa shape index (κ2) is 5.32. The van der Waals surface area contributed by atoms with Crippen LogP contribution in [0.5, 0.6) is 0 Å². The van der Waals surface area contributed by atoms with E-state index in [1.165, 1.54) is 12.3 Å². The van der Waals surface area contributed by atoms with Crippen LogP contribution in [0.1, 0.15) is 10.4 Å². The second-order valence-electron chi connectivity index (χ2n) is 4.72. The summed E-state index contributed by atoms with van der Waals surface area (Å²) in [6.07, 6.45) is 3.11. The molecule has 0 aliphatic carbocycles. The molecule has 1 saturated heterocycles. The van der Waals surface area contributed by atoms with Gasteiger partial charge in [0.05, 0.1) is 17.4 Å². The van der Waals surface area contributed by atoms with Gasteiger partial charge in [0.1, 0.15) is 5.82 Å². The Morgan fingerprint density at radius 1 is 1.20 bits per heavy atom. The van der Waals surface area contributed by atoms with E-state index in [-0.39, 0.29) is 11.7 Å². The monoisotopic (exact) mass is 274 g/mol. The van der Waals surface area contributed by atoms with Gasteiger partial charge in [-0.3, -0.25) is 9.89 Å². The number of halogens is 1. The minimum Gasteiger partial charge on any atom is -0.366 e. The molecule has 0 spiro atoms. The fourth-order valence-electron chi connectivity index (χ4n) is 2.41. The number of rotatable bonds is 2. The normalized spacial score (nSPS) is 15.4. The van der Waals surface area contributed by atoms with Gasteiger partial charge in [0.2, 0.25) is 0 Å². The molecule has 1 N–H and O–H groups in total. The Hall–Kier alpha value is -2.37. The number of amides is 1. The van der Waals surface area contributed by atoms with Gasteiger partial charge in [-0.15, -0.1) is 0 Å². The zero-order valence-electron chi connectivity index (χ0n) is 10.9. The highest BCUT2D eigenvalue weighted by molar-refractivity contribution is 5.93. The molecular weight excluding hydrogens is 259 g/mol. The standard InChI is InChI=1S/C14H15FN4O/c15-12-3-1-2-4-13(12)18-5-7-19(8-6-18)14(20)11-9-16-17-10-11/h1-4,9-10H,5-8H2,(H,16,17). The first-order chi connectivity index (χ1) is 9.75. The summed E-state index contributed by atoms with van der Waals surface area (Å²) < 4.78 is 13.7. The Bertz CT molecular complexity index is 591. The summed E-state index contributed by atoms with van der Waals surface area (Å²) in [6.45, 7) is 2.42. The van der Waals surface area contributed by atoms with Crippen molar-refractivity contribution in [2.75, 3.05) is 31.1 Å². The first-order valence-electron chi connectivity index (χ1n) is 6.53. The van der Waals surface area contributed by atoms with E-state index >= 15 is 0 Å². The lowest BCUT2D eigenvalue weighted by atomic mass is 10.2. The number of H-pyrrole nitrogens is 1. The zero-order valence-corrected chi connectivity index (χ0v) is 10.9. The maximum Gasteiger partial charge on any atom is 0.257 e. The Labute approximate surface area is 116 Å². The van der Waals surface area contributed by atoms with Crippen LogP contribution in [0.25, 0.3) is 0 Å². The number of carbonyl (C=O) groups excluding carboxylic acids is 1. The number of piperazine rings is 1. The number of benzene rings is 1. The van der Waals surface area contributed by atoms with Crippen LogP contribution in [0.2, 0.25) is 0 Å².